The molecule has 0 saturated carbocycles. The van der Waals surface area contributed by atoms with E-state index in [1.807, 2.05) is 0 Å². The molecule has 0 bridgehead atoms. The molecule has 98 valence electrons. The van der Waals surface area contributed by atoms with Gasteiger partial charge in [-0.05, 0) is 0 Å². The smallest absolute Gasteiger partial charge is 0.292 e. The summed E-state index contributed by atoms with van der Waals surface area (Å²) in [7, 11) is -4.67. The van der Waals surface area contributed by atoms with Gasteiger partial charge in [0.2, 0.25) is 0 Å². The number of nitrogens with one attached hydrogen (secondary N) is 2. The SMILES string of the molecule is FNNc1cc(F)c(F)cc1F.O=S(=O)(O)O. The highest BCUT2D eigenvalue weighted by Crippen LogP contribution is 2.17. The van der Waals surface area contributed by atoms with Gasteiger partial charge in [-0.15, -0.1) is 4.48 Å². The van der Waals surface area contributed by atoms with E-state index in [-0.39, 0.29) is 0 Å². The number of halogens is 4. The Labute approximate surface area is 92.7 Å². The maximum Gasteiger partial charge on any atom is 0.394 e. The summed E-state index contributed by atoms with van der Waals surface area (Å²) in [5, 5.41) is 0. The van der Waals surface area contributed by atoms with Gasteiger partial charge in [-0.2, -0.15) is 8.42 Å². The zero-order valence-electron chi connectivity index (χ0n) is 7.79. The third-order valence-corrected chi connectivity index (χ3v) is 1.19. The highest BCUT2D eigenvalue weighted by molar-refractivity contribution is 7.79. The molecule has 0 heterocycles. The van der Waals surface area contributed by atoms with E-state index in [1.54, 1.807) is 5.43 Å². The largest absolute Gasteiger partial charge is 0.394 e. The molecule has 17 heavy (non-hydrogen) atoms. The van der Waals surface area contributed by atoms with Gasteiger partial charge in [0, 0.05) is 12.1 Å². The number of hydrogen-bond donors (Lipinski definition) is 4. The highest BCUT2D eigenvalue weighted by atomic mass is 32.3. The standard InChI is InChI=1S/C6H4F4N2.H2O4S/c7-3-1-5(9)6(11-12-10)2-4(3)8;1-5(2,3)4/h1-2,11-12H;(H2,1,2,3,4). The summed E-state index contributed by atoms with van der Waals surface area (Å²) >= 11 is 0. The lowest BCUT2D eigenvalue weighted by Crippen LogP contribution is -2.12. The molecule has 0 radical (unpaired) electrons. The van der Waals surface area contributed by atoms with E-state index in [0.717, 1.165) is 5.65 Å². The topological polar surface area (TPSA) is 98.7 Å². The van der Waals surface area contributed by atoms with Gasteiger partial charge in [0.15, 0.2) is 17.5 Å². The van der Waals surface area contributed by atoms with Crippen molar-refractivity contribution in [3.8, 4) is 0 Å². The van der Waals surface area contributed by atoms with Crippen molar-refractivity contribution in [1.29, 1.82) is 0 Å². The van der Waals surface area contributed by atoms with Gasteiger partial charge in [-0.25, -0.2) is 13.2 Å². The predicted molar refractivity (Wildman–Crippen MR) is 48.4 cm³/mol. The molecule has 0 unspecified atom stereocenters. The van der Waals surface area contributed by atoms with Crippen LogP contribution < -0.4 is 11.1 Å². The molecule has 4 N–H and O–H groups in total. The fraction of sp³-hybridized carbons (Fsp3) is 0. The minimum atomic E-state index is -4.67. The maximum absolute atomic E-state index is 12.5. The van der Waals surface area contributed by atoms with Crippen molar-refractivity contribution < 1.29 is 35.2 Å². The lowest BCUT2D eigenvalue weighted by atomic mass is 10.3. The molecule has 1 aromatic rings. The van der Waals surface area contributed by atoms with Crippen molar-refractivity contribution in [3.63, 3.8) is 0 Å². The van der Waals surface area contributed by atoms with Gasteiger partial charge in [-0.3, -0.25) is 14.5 Å². The Morgan fingerprint density at radius 1 is 1.00 bits per heavy atom. The number of hydrogen-bond acceptors (Lipinski definition) is 4. The molecular weight excluding hydrogens is 272 g/mol. The van der Waals surface area contributed by atoms with Crippen molar-refractivity contribution in [3.05, 3.63) is 29.6 Å². The van der Waals surface area contributed by atoms with Crippen LogP contribution in [0.15, 0.2) is 12.1 Å². The van der Waals surface area contributed by atoms with E-state index < -0.39 is 33.5 Å². The van der Waals surface area contributed by atoms with Crippen molar-refractivity contribution >= 4 is 16.1 Å². The molecule has 6 nitrogen and oxygen atoms in total. The van der Waals surface area contributed by atoms with Crippen molar-refractivity contribution in [2.24, 2.45) is 0 Å². The van der Waals surface area contributed by atoms with Crippen molar-refractivity contribution in [2.45, 2.75) is 0 Å². The molecule has 0 spiro atoms. The first-order chi connectivity index (χ1) is 7.65. The third-order valence-electron chi connectivity index (χ3n) is 1.19. The molecule has 1 aromatic carbocycles. The van der Waals surface area contributed by atoms with E-state index >= 15 is 0 Å². The molecule has 0 aromatic heterocycles. The van der Waals surface area contributed by atoms with Gasteiger partial charge >= 0.3 is 10.4 Å². The average Bonchev–Trinajstić information content (AvgIpc) is 2.12. The van der Waals surface area contributed by atoms with Crippen LogP contribution in [0.2, 0.25) is 0 Å². The number of anilines is 1. The van der Waals surface area contributed by atoms with Gasteiger partial charge in [-0.1, -0.05) is 5.65 Å². The normalized spacial score (nSPS) is 10.5. The zero-order valence-corrected chi connectivity index (χ0v) is 8.60. The average molecular weight is 278 g/mol. The molecule has 0 aliphatic heterocycles. The predicted octanol–water partition coefficient (Wildman–Crippen LogP) is 1.25. The Hall–Kier alpha value is -1.43. The maximum atomic E-state index is 12.5. The van der Waals surface area contributed by atoms with Gasteiger partial charge in [0.05, 0.1) is 5.69 Å². The summed E-state index contributed by atoms with van der Waals surface area (Å²) in [6, 6.07) is 0.812. The van der Waals surface area contributed by atoms with E-state index in [9.17, 15) is 17.7 Å². The van der Waals surface area contributed by atoms with Crippen LogP contribution in [0.1, 0.15) is 0 Å². The molecule has 0 amide bonds. The number of benzene rings is 1. The Bertz CT molecular complexity index is 473. The highest BCUT2D eigenvalue weighted by Gasteiger charge is 2.08. The van der Waals surface area contributed by atoms with Crippen LogP contribution >= 0.6 is 0 Å². The summed E-state index contributed by atoms with van der Waals surface area (Å²) < 4.78 is 80.1. The zero-order chi connectivity index (χ0) is 13.6. The van der Waals surface area contributed by atoms with Crippen molar-refractivity contribution in [1.82, 2.24) is 5.65 Å². The number of rotatable bonds is 2. The summed E-state index contributed by atoms with van der Waals surface area (Å²) in [4.78, 5) is 0. The second-order valence-electron chi connectivity index (χ2n) is 2.41. The second-order valence-corrected chi connectivity index (χ2v) is 3.31. The van der Waals surface area contributed by atoms with Crippen LogP contribution in [-0.4, -0.2) is 17.5 Å². The van der Waals surface area contributed by atoms with Gasteiger partial charge in [0.25, 0.3) is 0 Å². The lowest BCUT2D eigenvalue weighted by molar-refractivity contribution is 0.373. The van der Waals surface area contributed by atoms with Crippen molar-refractivity contribution in [2.75, 3.05) is 5.43 Å². The molecule has 11 heteroatoms. The fourth-order valence-corrected chi connectivity index (χ4v) is 0.669. The van der Waals surface area contributed by atoms with Gasteiger partial charge < -0.3 is 0 Å². The van der Waals surface area contributed by atoms with Crippen LogP contribution in [0.3, 0.4) is 0 Å². The van der Waals surface area contributed by atoms with Crippen LogP contribution in [0.4, 0.5) is 23.3 Å². The summed E-state index contributed by atoms with van der Waals surface area (Å²) in [5.74, 6) is -3.66. The van der Waals surface area contributed by atoms with E-state index in [4.69, 9.17) is 17.5 Å². The molecule has 0 atom stereocenters. The molecule has 0 aliphatic rings. The first kappa shape index (κ1) is 15.6. The Morgan fingerprint density at radius 3 is 1.82 bits per heavy atom. The minimum Gasteiger partial charge on any atom is -0.292 e. The van der Waals surface area contributed by atoms with Gasteiger partial charge in [0.1, 0.15) is 0 Å². The molecule has 0 saturated heterocycles. The molecule has 0 fully saturated rings. The van der Waals surface area contributed by atoms with Crippen LogP contribution in [0, 0.1) is 17.5 Å². The molecular formula is C6H6F4N2O4S. The summed E-state index contributed by atoms with van der Waals surface area (Å²) in [6.45, 7) is 0. The third kappa shape index (κ3) is 7.46. The first-order valence-corrected chi connectivity index (χ1v) is 5.01. The van der Waals surface area contributed by atoms with Crippen LogP contribution in [-0.2, 0) is 10.4 Å². The number of hydrazine groups is 1. The Balaban J connectivity index is 0.000000437. The first-order valence-electron chi connectivity index (χ1n) is 3.61. The van der Waals surface area contributed by atoms with Crippen LogP contribution in [0.25, 0.3) is 0 Å². The molecule has 1 rings (SSSR count). The Kier molecular flexibility index (Phi) is 5.81. The van der Waals surface area contributed by atoms with Crippen LogP contribution in [0.5, 0.6) is 0 Å². The monoisotopic (exact) mass is 278 g/mol. The lowest BCUT2D eigenvalue weighted by Gasteiger charge is -2.03. The minimum absolute atomic E-state index is 0.314. The van der Waals surface area contributed by atoms with E-state index in [2.05, 4.69) is 0 Å². The molecule has 0 aliphatic carbocycles. The fourth-order valence-electron chi connectivity index (χ4n) is 0.669. The van der Waals surface area contributed by atoms with E-state index in [0.29, 0.717) is 12.1 Å². The second kappa shape index (κ2) is 6.34. The Morgan fingerprint density at radius 2 is 1.41 bits per heavy atom. The van der Waals surface area contributed by atoms with E-state index in [1.165, 1.54) is 0 Å². The summed E-state index contributed by atoms with van der Waals surface area (Å²) in [6.07, 6.45) is 0. The summed E-state index contributed by atoms with van der Waals surface area (Å²) in [5.41, 5.74) is 2.03. The quantitative estimate of drug-likeness (QED) is 0.214.